The summed E-state index contributed by atoms with van der Waals surface area (Å²) in [5, 5.41) is 7.50. The molecule has 4 aromatic rings. The van der Waals surface area contributed by atoms with Crippen LogP contribution in [0.2, 0.25) is 0 Å². The van der Waals surface area contributed by atoms with E-state index >= 15 is 0 Å². The fourth-order valence-electron chi connectivity index (χ4n) is 2.94. The summed E-state index contributed by atoms with van der Waals surface area (Å²) in [5.74, 6) is -0.227. The van der Waals surface area contributed by atoms with Crippen LogP contribution < -0.4 is 5.32 Å². The minimum Gasteiger partial charge on any atom is -0.340 e. The molecule has 0 aliphatic carbocycles. The maximum absolute atomic E-state index is 12.8. The number of hydrogen-bond donors (Lipinski definition) is 1. The van der Waals surface area contributed by atoms with E-state index in [1.54, 1.807) is 29.3 Å². The molecule has 0 saturated heterocycles. The van der Waals surface area contributed by atoms with Crippen molar-refractivity contribution in [2.24, 2.45) is 0 Å². The largest absolute Gasteiger partial charge is 0.340 e. The maximum atomic E-state index is 12.8. The first-order valence-corrected chi connectivity index (χ1v) is 8.68. The van der Waals surface area contributed by atoms with Crippen molar-refractivity contribution in [3.8, 4) is 5.69 Å². The van der Waals surface area contributed by atoms with Crippen LogP contribution in [-0.4, -0.2) is 20.7 Å². The van der Waals surface area contributed by atoms with Crippen LogP contribution in [-0.2, 0) is 0 Å². The number of carbonyl (C=O) groups excluding carboxylic acids is 1. The van der Waals surface area contributed by atoms with E-state index in [1.165, 1.54) is 0 Å². The molecule has 4 rings (SSSR count). The van der Waals surface area contributed by atoms with Crippen LogP contribution in [0.25, 0.3) is 5.69 Å². The van der Waals surface area contributed by atoms with Gasteiger partial charge in [0.25, 0.3) is 5.91 Å². The average molecular weight is 354 g/mol. The van der Waals surface area contributed by atoms with E-state index in [9.17, 15) is 4.79 Å². The maximum Gasteiger partial charge on any atom is 0.272 e. The molecule has 0 fully saturated rings. The molecule has 0 radical (unpaired) electrons. The van der Waals surface area contributed by atoms with Gasteiger partial charge in [-0.2, -0.15) is 5.10 Å². The first-order valence-electron chi connectivity index (χ1n) is 8.68. The number of carbonyl (C=O) groups is 1. The molecule has 0 spiro atoms. The third kappa shape index (κ3) is 3.77. The average Bonchev–Trinajstić information content (AvgIpc) is 3.24. The van der Waals surface area contributed by atoms with Crippen molar-refractivity contribution in [2.45, 2.75) is 6.04 Å². The van der Waals surface area contributed by atoms with E-state index in [1.807, 2.05) is 72.8 Å². The minimum atomic E-state index is -0.274. The molecule has 5 heteroatoms. The minimum absolute atomic E-state index is 0.227. The van der Waals surface area contributed by atoms with Crippen molar-refractivity contribution in [3.63, 3.8) is 0 Å². The Morgan fingerprint density at radius 2 is 1.44 bits per heavy atom. The van der Waals surface area contributed by atoms with Gasteiger partial charge in [0.1, 0.15) is 0 Å². The summed E-state index contributed by atoms with van der Waals surface area (Å²) in [6, 6.07) is 24.8. The Morgan fingerprint density at radius 3 is 2.15 bits per heavy atom. The smallest absolute Gasteiger partial charge is 0.272 e. The van der Waals surface area contributed by atoms with E-state index in [0.717, 1.165) is 16.8 Å². The van der Waals surface area contributed by atoms with Crippen LogP contribution in [0.15, 0.2) is 97.5 Å². The predicted octanol–water partition coefficient (Wildman–Crippen LogP) is 3.79. The number of benzene rings is 2. The zero-order valence-electron chi connectivity index (χ0n) is 14.6. The van der Waals surface area contributed by atoms with Crippen LogP contribution in [0.3, 0.4) is 0 Å². The van der Waals surface area contributed by atoms with E-state index in [-0.39, 0.29) is 11.9 Å². The number of hydrogen-bond acceptors (Lipinski definition) is 3. The first kappa shape index (κ1) is 16.7. The number of amides is 1. The van der Waals surface area contributed by atoms with Gasteiger partial charge in [0.15, 0.2) is 5.69 Å². The Hall–Kier alpha value is -3.73. The molecule has 2 aromatic carbocycles. The summed E-state index contributed by atoms with van der Waals surface area (Å²) >= 11 is 0. The fraction of sp³-hybridized carbons (Fsp3) is 0.0455. The molecule has 0 bridgehead atoms. The molecule has 1 atom stereocenters. The second-order valence-electron chi connectivity index (χ2n) is 6.08. The van der Waals surface area contributed by atoms with Crippen molar-refractivity contribution in [1.29, 1.82) is 0 Å². The van der Waals surface area contributed by atoms with Crippen molar-refractivity contribution < 1.29 is 4.79 Å². The lowest BCUT2D eigenvalue weighted by Gasteiger charge is -2.19. The first-order chi connectivity index (χ1) is 13.3. The van der Waals surface area contributed by atoms with Gasteiger partial charge in [-0.3, -0.25) is 9.78 Å². The molecule has 0 aliphatic heterocycles. The predicted molar refractivity (Wildman–Crippen MR) is 104 cm³/mol. The lowest BCUT2D eigenvalue weighted by atomic mass is 9.99. The SMILES string of the molecule is O=C(NC(c1ccccc1)c1ccncc1)c1ccn(-c2ccccc2)n1. The third-order valence-electron chi connectivity index (χ3n) is 4.29. The van der Waals surface area contributed by atoms with Crippen molar-refractivity contribution in [1.82, 2.24) is 20.1 Å². The lowest BCUT2D eigenvalue weighted by molar-refractivity contribution is 0.0937. The number of pyridine rings is 1. The fourth-order valence-corrected chi connectivity index (χ4v) is 2.94. The molecule has 132 valence electrons. The number of aromatic nitrogens is 3. The summed E-state index contributed by atoms with van der Waals surface area (Å²) in [6.45, 7) is 0. The van der Waals surface area contributed by atoms with Crippen molar-refractivity contribution in [2.75, 3.05) is 0 Å². The number of nitrogens with zero attached hydrogens (tertiary/aromatic N) is 3. The highest BCUT2D eigenvalue weighted by atomic mass is 16.2. The van der Waals surface area contributed by atoms with Gasteiger partial charge in [-0.15, -0.1) is 0 Å². The molecular weight excluding hydrogens is 336 g/mol. The van der Waals surface area contributed by atoms with Crippen molar-refractivity contribution >= 4 is 5.91 Å². The Bertz CT molecular complexity index is 974. The topological polar surface area (TPSA) is 59.8 Å². The summed E-state index contributed by atoms with van der Waals surface area (Å²) in [7, 11) is 0. The van der Waals surface area contributed by atoms with Crippen molar-refractivity contribution in [3.05, 3.63) is 114 Å². The third-order valence-corrected chi connectivity index (χ3v) is 4.29. The molecule has 5 nitrogen and oxygen atoms in total. The molecule has 1 unspecified atom stereocenters. The highest BCUT2D eigenvalue weighted by Gasteiger charge is 2.19. The zero-order chi connectivity index (χ0) is 18.5. The Labute approximate surface area is 157 Å². The van der Waals surface area contributed by atoms with Gasteiger partial charge in [-0.05, 0) is 41.5 Å². The van der Waals surface area contributed by atoms with Crippen LogP contribution in [0, 0.1) is 0 Å². The summed E-state index contributed by atoms with van der Waals surface area (Å²) in [6.07, 6.45) is 5.23. The van der Waals surface area contributed by atoms with E-state index < -0.39 is 0 Å². The monoisotopic (exact) mass is 354 g/mol. The number of para-hydroxylation sites is 1. The van der Waals surface area contributed by atoms with Gasteiger partial charge < -0.3 is 5.32 Å². The van der Waals surface area contributed by atoms with Crippen LogP contribution in [0.5, 0.6) is 0 Å². The molecule has 0 aliphatic rings. The normalized spacial score (nSPS) is 11.7. The lowest BCUT2D eigenvalue weighted by Crippen LogP contribution is -2.29. The van der Waals surface area contributed by atoms with Crippen LogP contribution >= 0.6 is 0 Å². The van der Waals surface area contributed by atoms with E-state index in [2.05, 4.69) is 15.4 Å². The van der Waals surface area contributed by atoms with E-state index in [4.69, 9.17) is 0 Å². The standard InChI is InChI=1S/C22H18N4O/c27-22(20-13-16-26(25-20)19-9-5-2-6-10-19)24-21(17-7-3-1-4-8-17)18-11-14-23-15-12-18/h1-16,21H,(H,24,27). The second-order valence-corrected chi connectivity index (χ2v) is 6.08. The van der Waals surface area contributed by atoms with Crippen LogP contribution in [0.1, 0.15) is 27.7 Å². The van der Waals surface area contributed by atoms with Crippen LogP contribution in [0.4, 0.5) is 0 Å². The van der Waals surface area contributed by atoms with Gasteiger partial charge in [0.05, 0.1) is 11.7 Å². The second kappa shape index (κ2) is 7.66. The molecule has 2 heterocycles. The quantitative estimate of drug-likeness (QED) is 0.593. The molecule has 27 heavy (non-hydrogen) atoms. The Balaban J connectivity index is 1.60. The van der Waals surface area contributed by atoms with Gasteiger partial charge >= 0.3 is 0 Å². The Kier molecular flexibility index (Phi) is 4.74. The molecular formula is C22H18N4O. The number of rotatable bonds is 5. The van der Waals surface area contributed by atoms with Gasteiger partial charge in [0.2, 0.25) is 0 Å². The summed E-state index contributed by atoms with van der Waals surface area (Å²) in [5.41, 5.74) is 3.24. The number of nitrogens with one attached hydrogen (secondary N) is 1. The molecule has 0 saturated carbocycles. The summed E-state index contributed by atoms with van der Waals surface area (Å²) < 4.78 is 1.69. The zero-order valence-corrected chi connectivity index (χ0v) is 14.6. The molecule has 1 N–H and O–H groups in total. The highest BCUT2D eigenvalue weighted by Crippen LogP contribution is 2.22. The Morgan fingerprint density at radius 1 is 0.815 bits per heavy atom. The highest BCUT2D eigenvalue weighted by molar-refractivity contribution is 5.92. The van der Waals surface area contributed by atoms with Gasteiger partial charge in [-0.25, -0.2) is 4.68 Å². The van der Waals surface area contributed by atoms with Gasteiger partial charge in [0, 0.05) is 18.6 Å². The van der Waals surface area contributed by atoms with Gasteiger partial charge in [-0.1, -0.05) is 48.5 Å². The molecule has 1 amide bonds. The van der Waals surface area contributed by atoms with E-state index in [0.29, 0.717) is 5.69 Å². The molecule has 2 aromatic heterocycles. The summed E-state index contributed by atoms with van der Waals surface area (Å²) in [4.78, 5) is 16.9.